The van der Waals surface area contributed by atoms with Crippen LogP contribution >= 0.6 is 15.9 Å². The molecule has 0 aliphatic carbocycles. The number of carboxylic acid groups (broad SMARTS) is 1. The lowest BCUT2D eigenvalue weighted by atomic mass is 10.4. The van der Waals surface area contributed by atoms with Gasteiger partial charge in [0.25, 0.3) is 5.56 Å². The monoisotopic (exact) mass is 234 g/mol. The lowest BCUT2D eigenvalue weighted by Gasteiger charge is -1.94. The highest BCUT2D eigenvalue weighted by molar-refractivity contribution is 9.10. The van der Waals surface area contributed by atoms with Gasteiger partial charge in [0.05, 0.1) is 0 Å². The third kappa shape index (κ3) is 1.45. The molecule has 64 valence electrons. The molecule has 0 fully saturated rings. The highest BCUT2D eigenvalue weighted by Gasteiger charge is 2.12. The van der Waals surface area contributed by atoms with Crippen LogP contribution in [0, 0.1) is 0 Å². The van der Waals surface area contributed by atoms with Gasteiger partial charge >= 0.3 is 11.7 Å². The topological polar surface area (TPSA) is 103 Å². The van der Waals surface area contributed by atoms with E-state index in [-0.39, 0.29) is 4.47 Å². The van der Waals surface area contributed by atoms with E-state index in [1.54, 1.807) is 0 Å². The van der Waals surface area contributed by atoms with E-state index in [4.69, 9.17) is 5.11 Å². The van der Waals surface area contributed by atoms with Gasteiger partial charge in [-0.2, -0.15) is 0 Å². The number of halogens is 1. The van der Waals surface area contributed by atoms with Crippen molar-refractivity contribution in [1.82, 2.24) is 9.97 Å². The molecule has 0 atom stereocenters. The molecule has 0 radical (unpaired) electrons. The molecule has 0 spiro atoms. The zero-order valence-corrected chi connectivity index (χ0v) is 7.14. The highest BCUT2D eigenvalue weighted by Crippen LogP contribution is 2.05. The summed E-state index contributed by atoms with van der Waals surface area (Å²) in [5, 5.41) is 8.46. The van der Waals surface area contributed by atoms with Crippen LogP contribution in [-0.4, -0.2) is 21.0 Å². The number of carboxylic acids is 1. The molecule has 0 aromatic carbocycles. The van der Waals surface area contributed by atoms with Gasteiger partial charge in [-0.3, -0.25) is 9.78 Å². The predicted molar refractivity (Wildman–Crippen MR) is 42.3 cm³/mol. The average Bonchev–Trinajstić information content (AvgIpc) is 1.96. The van der Waals surface area contributed by atoms with E-state index < -0.39 is 22.9 Å². The highest BCUT2D eigenvalue weighted by atomic mass is 79.9. The molecule has 0 saturated heterocycles. The molecule has 0 amide bonds. The largest absolute Gasteiger partial charge is 0.477 e. The van der Waals surface area contributed by atoms with Crippen LogP contribution in [0.4, 0.5) is 0 Å². The molecule has 0 aliphatic heterocycles. The van der Waals surface area contributed by atoms with Crippen molar-refractivity contribution in [1.29, 1.82) is 0 Å². The Morgan fingerprint density at radius 3 is 2.42 bits per heavy atom. The number of aromatic nitrogens is 2. The van der Waals surface area contributed by atoms with E-state index in [1.165, 1.54) is 0 Å². The fraction of sp³-hybridized carbons (Fsp3) is 0. The predicted octanol–water partition coefficient (Wildman–Crippen LogP) is -0.476. The molecule has 0 saturated carbocycles. The van der Waals surface area contributed by atoms with E-state index >= 15 is 0 Å². The van der Waals surface area contributed by atoms with E-state index in [0.29, 0.717) is 0 Å². The summed E-state index contributed by atoms with van der Waals surface area (Å²) < 4.78 is -0.199. The second-order valence-electron chi connectivity index (χ2n) is 1.90. The van der Waals surface area contributed by atoms with Gasteiger partial charge in [-0.05, 0) is 15.9 Å². The quantitative estimate of drug-likeness (QED) is 0.611. The summed E-state index contributed by atoms with van der Waals surface area (Å²) >= 11 is 2.72. The van der Waals surface area contributed by atoms with Crippen molar-refractivity contribution in [2.75, 3.05) is 0 Å². The third-order valence-corrected chi connectivity index (χ3v) is 1.85. The first kappa shape index (κ1) is 8.72. The summed E-state index contributed by atoms with van der Waals surface area (Å²) in [6.45, 7) is 0. The summed E-state index contributed by atoms with van der Waals surface area (Å²) in [5.41, 5.74) is -2.07. The summed E-state index contributed by atoms with van der Waals surface area (Å²) in [6.07, 6.45) is 0. The van der Waals surface area contributed by atoms with Crippen LogP contribution in [0.1, 0.15) is 10.5 Å². The molecule has 1 heterocycles. The Balaban J connectivity index is 3.59. The van der Waals surface area contributed by atoms with Crippen molar-refractivity contribution in [3.63, 3.8) is 0 Å². The first-order valence-electron chi connectivity index (χ1n) is 2.77. The minimum Gasteiger partial charge on any atom is -0.477 e. The van der Waals surface area contributed by atoms with Gasteiger partial charge < -0.3 is 10.1 Å². The van der Waals surface area contributed by atoms with Gasteiger partial charge in [0.15, 0.2) is 0 Å². The number of rotatable bonds is 1. The van der Waals surface area contributed by atoms with E-state index in [2.05, 4.69) is 15.9 Å². The van der Waals surface area contributed by atoms with Gasteiger partial charge in [-0.25, -0.2) is 9.59 Å². The lowest BCUT2D eigenvalue weighted by Crippen LogP contribution is -2.26. The number of hydrogen-bond donors (Lipinski definition) is 3. The molecule has 12 heavy (non-hydrogen) atoms. The smallest absolute Gasteiger partial charge is 0.353 e. The number of aromatic carboxylic acids is 1. The summed E-state index contributed by atoms with van der Waals surface area (Å²) in [6, 6.07) is 0. The normalized spacial score (nSPS) is 9.75. The Morgan fingerprint density at radius 1 is 1.33 bits per heavy atom. The van der Waals surface area contributed by atoms with Crippen LogP contribution < -0.4 is 11.2 Å². The summed E-state index contributed by atoms with van der Waals surface area (Å²) in [5.74, 6) is -1.37. The van der Waals surface area contributed by atoms with Crippen molar-refractivity contribution in [3.8, 4) is 0 Å². The Bertz CT molecular complexity index is 432. The zero-order chi connectivity index (χ0) is 9.30. The molecular formula is C5H3BrN2O4. The van der Waals surface area contributed by atoms with E-state index in [0.717, 1.165) is 0 Å². The van der Waals surface area contributed by atoms with Crippen LogP contribution in [0.5, 0.6) is 0 Å². The summed E-state index contributed by atoms with van der Waals surface area (Å²) in [7, 11) is 0. The molecule has 3 N–H and O–H groups in total. The molecule has 1 aromatic rings. The van der Waals surface area contributed by atoms with E-state index in [9.17, 15) is 14.4 Å². The number of hydrogen-bond acceptors (Lipinski definition) is 3. The first-order valence-corrected chi connectivity index (χ1v) is 3.57. The van der Waals surface area contributed by atoms with Crippen LogP contribution in [0.2, 0.25) is 0 Å². The SMILES string of the molecule is O=C(O)c1[nH]c(=O)[nH]c(=O)c1Br. The molecule has 0 bridgehead atoms. The Hall–Kier alpha value is -1.37. The van der Waals surface area contributed by atoms with E-state index in [1.807, 2.05) is 9.97 Å². The Kier molecular flexibility index (Phi) is 2.13. The van der Waals surface area contributed by atoms with Crippen molar-refractivity contribution in [2.45, 2.75) is 0 Å². The Morgan fingerprint density at radius 2 is 1.92 bits per heavy atom. The van der Waals surface area contributed by atoms with Crippen LogP contribution in [0.15, 0.2) is 14.1 Å². The minimum atomic E-state index is -1.37. The second kappa shape index (κ2) is 2.94. The Labute approximate surface area is 73.4 Å². The fourth-order valence-corrected chi connectivity index (χ4v) is 0.986. The van der Waals surface area contributed by atoms with Gasteiger partial charge in [0.2, 0.25) is 0 Å². The number of carbonyl (C=O) groups is 1. The van der Waals surface area contributed by atoms with Crippen molar-refractivity contribution in [3.05, 3.63) is 31.0 Å². The third-order valence-electron chi connectivity index (χ3n) is 1.10. The standard InChI is InChI=1S/C5H3BrN2O4/c6-1-2(4(10)11)7-5(12)8-3(1)9/h(H,10,11)(H2,7,8,9,12). The minimum absolute atomic E-state index is 0.199. The second-order valence-corrected chi connectivity index (χ2v) is 2.70. The molecule has 7 heteroatoms. The first-order chi connectivity index (χ1) is 5.52. The van der Waals surface area contributed by atoms with Gasteiger partial charge in [0, 0.05) is 0 Å². The van der Waals surface area contributed by atoms with Crippen molar-refractivity contribution in [2.24, 2.45) is 0 Å². The molecule has 1 rings (SSSR count). The van der Waals surface area contributed by atoms with Crippen molar-refractivity contribution >= 4 is 21.9 Å². The molecule has 0 aliphatic rings. The van der Waals surface area contributed by atoms with Gasteiger partial charge in [-0.1, -0.05) is 0 Å². The number of aromatic amines is 2. The molecular weight excluding hydrogens is 232 g/mol. The molecule has 0 unspecified atom stereocenters. The fourth-order valence-electron chi connectivity index (χ4n) is 0.619. The maximum Gasteiger partial charge on any atom is 0.353 e. The van der Waals surface area contributed by atoms with Gasteiger partial charge in [0.1, 0.15) is 10.2 Å². The van der Waals surface area contributed by atoms with Crippen LogP contribution in [-0.2, 0) is 0 Å². The van der Waals surface area contributed by atoms with Crippen molar-refractivity contribution < 1.29 is 9.90 Å². The zero-order valence-electron chi connectivity index (χ0n) is 5.55. The maximum atomic E-state index is 10.8. The average molecular weight is 235 g/mol. The van der Waals surface area contributed by atoms with Crippen LogP contribution in [0.25, 0.3) is 0 Å². The van der Waals surface area contributed by atoms with Gasteiger partial charge in [-0.15, -0.1) is 0 Å². The number of H-pyrrole nitrogens is 2. The molecule has 1 aromatic heterocycles. The maximum absolute atomic E-state index is 10.8. The molecule has 6 nitrogen and oxygen atoms in total. The summed E-state index contributed by atoms with van der Waals surface area (Å²) in [4.78, 5) is 35.5. The van der Waals surface area contributed by atoms with Crippen LogP contribution in [0.3, 0.4) is 0 Å². The lowest BCUT2D eigenvalue weighted by molar-refractivity contribution is 0.0688. The number of nitrogens with one attached hydrogen (secondary N) is 2.